The van der Waals surface area contributed by atoms with E-state index in [9.17, 15) is 0 Å². The number of terminal acetylenes is 1. The predicted molar refractivity (Wildman–Crippen MR) is 88.6 cm³/mol. The first-order valence-corrected chi connectivity index (χ1v) is 7.39. The molecule has 2 N–H and O–H groups in total. The Balaban J connectivity index is 2.81. The standard InChI is InChI=1S/C17H25N3O/c1-5-10-19-17(18-7-3)20-13-15-9-8-14(4)12-16(15)21-11-6-2/h1,8-9,12H,6-7,10-11,13H2,2-4H3,(H2,18,19,20). The van der Waals surface area contributed by atoms with E-state index in [1.807, 2.05) is 6.92 Å². The molecule has 1 aromatic carbocycles. The van der Waals surface area contributed by atoms with Crippen molar-refractivity contribution in [1.29, 1.82) is 0 Å². The first-order chi connectivity index (χ1) is 10.2. The second-order valence-corrected chi connectivity index (χ2v) is 4.71. The molecule has 1 rings (SSSR count). The van der Waals surface area contributed by atoms with Gasteiger partial charge < -0.3 is 15.4 Å². The van der Waals surface area contributed by atoms with Gasteiger partial charge in [0.25, 0.3) is 0 Å². The summed E-state index contributed by atoms with van der Waals surface area (Å²) in [4.78, 5) is 4.54. The summed E-state index contributed by atoms with van der Waals surface area (Å²) in [5, 5.41) is 6.24. The Bertz CT molecular complexity index is 503. The third kappa shape index (κ3) is 6.22. The lowest BCUT2D eigenvalue weighted by Gasteiger charge is -2.12. The predicted octanol–water partition coefficient (Wildman–Crippen LogP) is 2.47. The number of guanidine groups is 1. The average Bonchev–Trinajstić information content (AvgIpc) is 2.49. The number of rotatable bonds is 7. The minimum absolute atomic E-state index is 0.457. The van der Waals surface area contributed by atoms with Crippen molar-refractivity contribution in [1.82, 2.24) is 10.6 Å². The Hall–Kier alpha value is -2.15. The molecule has 0 atom stereocenters. The third-order valence-corrected chi connectivity index (χ3v) is 2.79. The fourth-order valence-electron chi connectivity index (χ4n) is 1.78. The molecule has 4 nitrogen and oxygen atoms in total. The van der Waals surface area contributed by atoms with Crippen molar-refractivity contribution in [2.24, 2.45) is 4.99 Å². The molecule has 0 amide bonds. The van der Waals surface area contributed by atoms with Crippen molar-refractivity contribution in [2.45, 2.75) is 33.7 Å². The lowest BCUT2D eigenvalue weighted by molar-refractivity contribution is 0.314. The summed E-state index contributed by atoms with van der Waals surface area (Å²) in [6.07, 6.45) is 6.25. The first-order valence-electron chi connectivity index (χ1n) is 7.39. The van der Waals surface area contributed by atoms with Crippen LogP contribution in [-0.2, 0) is 6.54 Å². The lowest BCUT2D eigenvalue weighted by atomic mass is 10.1. The van der Waals surface area contributed by atoms with Crippen molar-refractivity contribution in [3.8, 4) is 18.1 Å². The second-order valence-electron chi connectivity index (χ2n) is 4.71. The van der Waals surface area contributed by atoms with Gasteiger partial charge in [-0.1, -0.05) is 25.0 Å². The van der Waals surface area contributed by atoms with Gasteiger partial charge in [0, 0.05) is 12.1 Å². The first kappa shape index (κ1) is 16.9. The van der Waals surface area contributed by atoms with E-state index >= 15 is 0 Å². The van der Waals surface area contributed by atoms with E-state index < -0.39 is 0 Å². The van der Waals surface area contributed by atoms with Crippen molar-refractivity contribution in [3.63, 3.8) is 0 Å². The monoisotopic (exact) mass is 287 g/mol. The van der Waals surface area contributed by atoms with Crippen LogP contribution in [0.2, 0.25) is 0 Å². The smallest absolute Gasteiger partial charge is 0.192 e. The Morgan fingerprint density at radius 1 is 1.33 bits per heavy atom. The zero-order chi connectivity index (χ0) is 15.5. The normalized spacial score (nSPS) is 10.9. The molecule has 0 aromatic heterocycles. The van der Waals surface area contributed by atoms with Crippen LogP contribution in [0.3, 0.4) is 0 Å². The topological polar surface area (TPSA) is 45.7 Å². The zero-order valence-corrected chi connectivity index (χ0v) is 13.2. The van der Waals surface area contributed by atoms with E-state index in [-0.39, 0.29) is 0 Å². The molecular formula is C17H25N3O. The SMILES string of the molecule is C#CCNC(=NCc1ccc(C)cc1OCCC)NCC. The molecule has 4 heteroatoms. The summed E-state index contributed by atoms with van der Waals surface area (Å²) < 4.78 is 5.80. The van der Waals surface area contributed by atoms with Gasteiger partial charge in [0.15, 0.2) is 5.96 Å². The molecule has 0 spiro atoms. The Labute approximate surface area is 128 Å². The van der Waals surface area contributed by atoms with Gasteiger partial charge in [0.05, 0.1) is 19.7 Å². The van der Waals surface area contributed by atoms with Crippen LogP contribution in [-0.4, -0.2) is 25.7 Å². The number of hydrogen-bond donors (Lipinski definition) is 2. The molecule has 114 valence electrons. The van der Waals surface area contributed by atoms with Crippen LogP contribution in [0.15, 0.2) is 23.2 Å². The molecule has 1 aromatic rings. The van der Waals surface area contributed by atoms with Gasteiger partial charge in [0.2, 0.25) is 0 Å². The summed E-state index contributed by atoms with van der Waals surface area (Å²) in [6.45, 7) is 8.71. The minimum Gasteiger partial charge on any atom is -0.493 e. The van der Waals surface area contributed by atoms with Crippen molar-refractivity contribution in [3.05, 3.63) is 29.3 Å². The van der Waals surface area contributed by atoms with Crippen LogP contribution in [0.1, 0.15) is 31.4 Å². The molecule has 0 radical (unpaired) electrons. The molecule has 0 saturated carbocycles. The van der Waals surface area contributed by atoms with E-state index in [1.54, 1.807) is 0 Å². The highest BCUT2D eigenvalue weighted by atomic mass is 16.5. The molecule has 0 unspecified atom stereocenters. The second kappa shape index (κ2) is 9.71. The number of benzene rings is 1. The molecule has 0 heterocycles. The van der Waals surface area contributed by atoms with Crippen LogP contribution in [0, 0.1) is 19.3 Å². The summed E-state index contributed by atoms with van der Waals surface area (Å²) in [5.74, 6) is 4.18. The van der Waals surface area contributed by atoms with Gasteiger partial charge in [-0.2, -0.15) is 0 Å². The number of nitrogens with one attached hydrogen (secondary N) is 2. The maximum atomic E-state index is 5.80. The number of hydrogen-bond acceptors (Lipinski definition) is 2. The van der Waals surface area contributed by atoms with Gasteiger partial charge in [-0.3, -0.25) is 0 Å². The third-order valence-electron chi connectivity index (χ3n) is 2.79. The van der Waals surface area contributed by atoms with E-state index in [0.717, 1.165) is 36.8 Å². The molecule has 0 bridgehead atoms. The molecular weight excluding hydrogens is 262 g/mol. The molecule has 0 fully saturated rings. The highest BCUT2D eigenvalue weighted by Gasteiger charge is 2.04. The summed E-state index contributed by atoms with van der Waals surface area (Å²) in [5.41, 5.74) is 2.26. The van der Waals surface area contributed by atoms with E-state index in [2.05, 4.69) is 53.6 Å². The lowest BCUT2D eigenvalue weighted by Crippen LogP contribution is -2.37. The average molecular weight is 287 g/mol. The van der Waals surface area contributed by atoms with Gasteiger partial charge in [-0.05, 0) is 31.9 Å². The van der Waals surface area contributed by atoms with Crippen LogP contribution < -0.4 is 15.4 Å². The van der Waals surface area contributed by atoms with Gasteiger partial charge in [-0.25, -0.2) is 4.99 Å². The van der Waals surface area contributed by atoms with Gasteiger partial charge in [0.1, 0.15) is 5.75 Å². The summed E-state index contributed by atoms with van der Waals surface area (Å²) >= 11 is 0. The quantitative estimate of drug-likeness (QED) is 0.460. The summed E-state index contributed by atoms with van der Waals surface area (Å²) in [7, 11) is 0. The van der Waals surface area contributed by atoms with E-state index in [0.29, 0.717) is 13.1 Å². The number of aryl methyl sites for hydroxylation is 1. The highest BCUT2D eigenvalue weighted by molar-refractivity contribution is 5.80. The summed E-state index contributed by atoms with van der Waals surface area (Å²) in [6, 6.07) is 6.20. The Kier molecular flexibility index (Phi) is 7.81. The minimum atomic E-state index is 0.457. The fraction of sp³-hybridized carbons (Fsp3) is 0.471. The highest BCUT2D eigenvalue weighted by Crippen LogP contribution is 2.21. The van der Waals surface area contributed by atoms with Crippen molar-refractivity contribution < 1.29 is 4.74 Å². The van der Waals surface area contributed by atoms with Crippen LogP contribution >= 0.6 is 0 Å². The van der Waals surface area contributed by atoms with Gasteiger partial charge >= 0.3 is 0 Å². The number of nitrogens with zero attached hydrogens (tertiary/aromatic N) is 1. The largest absolute Gasteiger partial charge is 0.493 e. The number of aliphatic imine (C=N–C) groups is 1. The number of ether oxygens (including phenoxy) is 1. The maximum absolute atomic E-state index is 5.80. The molecule has 0 aliphatic heterocycles. The Morgan fingerprint density at radius 3 is 2.81 bits per heavy atom. The maximum Gasteiger partial charge on any atom is 0.192 e. The molecule has 0 aliphatic rings. The van der Waals surface area contributed by atoms with Crippen LogP contribution in [0.5, 0.6) is 5.75 Å². The van der Waals surface area contributed by atoms with Crippen molar-refractivity contribution >= 4 is 5.96 Å². The van der Waals surface area contributed by atoms with E-state index in [1.165, 1.54) is 5.56 Å². The Morgan fingerprint density at radius 2 is 2.14 bits per heavy atom. The van der Waals surface area contributed by atoms with Crippen LogP contribution in [0.25, 0.3) is 0 Å². The molecule has 0 saturated heterocycles. The van der Waals surface area contributed by atoms with Crippen molar-refractivity contribution in [2.75, 3.05) is 19.7 Å². The van der Waals surface area contributed by atoms with Gasteiger partial charge in [-0.15, -0.1) is 6.42 Å². The zero-order valence-electron chi connectivity index (χ0n) is 13.2. The fourth-order valence-corrected chi connectivity index (χ4v) is 1.78. The molecule has 0 aliphatic carbocycles. The van der Waals surface area contributed by atoms with Crippen LogP contribution in [0.4, 0.5) is 0 Å². The molecule has 21 heavy (non-hydrogen) atoms. The van der Waals surface area contributed by atoms with E-state index in [4.69, 9.17) is 11.2 Å².